The number of ether oxygens (including phenoxy) is 1. The number of hydrogen-bond donors (Lipinski definition) is 3. The molecule has 0 aromatic carbocycles. The highest BCUT2D eigenvalue weighted by Gasteiger charge is 2.53. The highest BCUT2D eigenvalue weighted by atomic mass is 16.6. The zero-order chi connectivity index (χ0) is 17.3. The number of rotatable bonds is 2. The summed E-state index contributed by atoms with van der Waals surface area (Å²) in [5.74, 6) is -0.416. The zero-order valence-corrected chi connectivity index (χ0v) is 14.4. The summed E-state index contributed by atoms with van der Waals surface area (Å²) < 4.78 is 5.35. The van der Waals surface area contributed by atoms with Gasteiger partial charge in [-0.05, 0) is 59.3 Å². The minimum atomic E-state index is -0.522. The maximum atomic E-state index is 12.4. The third-order valence-corrected chi connectivity index (χ3v) is 4.85. The van der Waals surface area contributed by atoms with Crippen LogP contribution >= 0.6 is 0 Å². The molecule has 0 radical (unpaired) electrons. The van der Waals surface area contributed by atoms with Crippen molar-refractivity contribution >= 4 is 17.9 Å². The molecule has 0 aromatic heterocycles. The van der Waals surface area contributed by atoms with E-state index in [2.05, 4.69) is 16.2 Å². The Balaban J connectivity index is 1.93. The number of nitrogens with one attached hydrogen (secondary N) is 3. The van der Waals surface area contributed by atoms with Crippen LogP contribution in [0.5, 0.6) is 0 Å². The van der Waals surface area contributed by atoms with Crippen molar-refractivity contribution in [1.29, 1.82) is 0 Å². The summed E-state index contributed by atoms with van der Waals surface area (Å²) >= 11 is 0. The predicted octanol–water partition coefficient (Wildman–Crippen LogP) is 1.77. The molecule has 0 aromatic rings. The van der Waals surface area contributed by atoms with E-state index in [1.165, 1.54) is 6.92 Å². The maximum absolute atomic E-state index is 12.4. The number of alkyl carbamates (subject to hydrolysis) is 1. The monoisotopic (exact) mass is 325 g/mol. The molecule has 2 bridgehead atoms. The van der Waals surface area contributed by atoms with Crippen molar-refractivity contribution in [3.8, 4) is 0 Å². The van der Waals surface area contributed by atoms with Gasteiger partial charge in [-0.15, -0.1) is 0 Å². The van der Waals surface area contributed by atoms with E-state index in [9.17, 15) is 14.4 Å². The van der Waals surface area contributed by atoms with Gasteiger partial charge in [0, 0.05) is 12.5 Å². The lowest BCUT2D eigenvalue weighted by atomic mass is 9.57. The van der Waals surface area contributed by atoms with Crippen LogP contribution in [0.15, 0.2) is 0 Å². The molecule has 3 rings (SSSR count). The van der Waals surface area contributed by atoms with Gasteiger partial charge in [-0.1, -0.05) is 0 Å². The molecule has 7 nitrogen and oxygen atoms in total. The quantitative estimate of drug-likeness (QED) is 0.674. The second kappa shape index (κ2) is 6.02. The van der Waals surface area contributed by atoms with Gasteiger partial charge in [0.1, 0.15) is 5.60 Å². The van der Waals surface area contributed by atoms with Gasteiger partial charge in [-0.25, -0.2) is 4.79 Å². The van der Waals surface area contributed by atoms with Gasteiger partial charge in [0.25, 0.3) is 0 Å². The molecule has 3 N–H and O–H groups in total. The molecular formula is C16H27N3O4. The first-order valence-corrected chi connectivity index (χ1v) is 8.14. The summed E-state index contributed by atoms with van der Waals surface area (Å²) in [6.07, 6.45) is 3.96. The second-order valence-corrected chi connectivity index (χ2v) is 7.82. The third-order valence-electron chi connectivity index (χ3n) is 4.85. The molecular weight excluding hydrogens is 298 g/mol. The highest BCUT2D eigenvalue weighted by Crippen LogP contribution is 2.52. The van der Waals surface area contributed by atoms with Crippen LogP contribution in [-0.4, -0.2) is 29.0 Å². The van der Waals surface area contributed by atoms with Crippen LogP contribution in [0.2, 0.25) is 0 Å². The third kappa shape index (κ3) is 4.14. The second-order valence-electron chi connectivity index (χ2n) is 7.82. The van der Waals surface area contributed by atoms with Crippen LogP contribution in [0.4, 0.5) is 4.79 Å². The van der Waals surface area contributed by atoms with Crippen molar-refractivity contribution in [2.24, 2.45) is 5.41 Å². The zero-order valence-electron chi connectivity index (χ0n) is 14.4. The Morgan fingerprint density at radius 3 is 1.87 bits per heavy atom. The van der Waals surface area contributed by atoms with Gasteiger partial charge in [0.05, 0.1) is 5.41 Å². The van der Waals surface area contributed by atoms with Gasteiger partial charge >= 0.3 is 6.09 Å². The molecule has 3 aliphatic carbocycles. The largest absolute Gasteiger partial charge is 0.444 e. The molecule has 0 heterocycles. The Morgan fingerprint density at radius 2 is 1.43 bits per heavy atom. The van der Waals surface area contributed by atoms with E-state index in [1.807, 2.05) is 20.8 Å². The Hall–Kier alpha value is -1.79. The van der Waals surface area contributed by atoms with E-state index < -0.39 is 17.1 Å². The van der Waals surface area contributed by atoms with E-state index in [-0.39, 0.29) is 17.4 Å². The van der Waals surface area contributed by atoms with Crippen molar-refractivity contribution in [2.75, 3.05) is 0 Å². The van der Waals surface area contributed by atoms with Crippen LogP contribution in [0.25, 0.3) is 0 Å². The van der Waals surface area contributed by atoms with Crippen LogP contribution < -0.4 is 16.2 Å². The minimum absolute atomic E-state index is 0.127. The summed E-state index contributed by atoms with van der Waals surface area (Å²) in [5, 5.41) is 3.02. The Labute approximate surface area is 136 Å². The van der Waals surface area contributed by atoms with E-state index in [4.69, 9.17) is 4.74 Å². The summed E-state index contributed by atoms with van der Waals surface area (Å²) in [6, 6.07) is 0. The fraction of sp³-hybridized carbons (Fsp3) is 0.812. The molecule has 3 fully saturated rings. The van der Waals surface area contributed by atoms with Gasteiger partial charge in [-0.2, -0.15) is 0 Å². The minimum Gasteiger partial charge on any atom is -0.444 e. The van der Waals surface area contributed by atoms with Crippen molar-refractivity contribution < 1.29 is 19.1 Å². The molecule has 3 aliphatic rings. The van der Waals surface area contributed by atoms with Gasteiger partial charge in [0.15, 0.2) is 0 Å². The molecule has 0 atom stereocenters. The number of hydrazine groups is 1. The van der Waals surface area contributed by atoms with E-state index >= 15 is 0 Å². The van der Waals surface area contributed by atoms with E-state index in [0.29, 0.717) is 19.3 Å². The number of amides is 3. The lowest BCUT2D eigenvalue weighted by Crippen LogP contribution is -2.61. The SMILES string of the molecule is CC(=O)NNC(=O)C12CCC(NC(=O)OC(C)(C)C)(CC1)CC2. The average Bonchev–Trinajstić information content (AvgIpc) is 2.44. The molecule has 130 valence electrons. The first kappa shape index (κ1) is 17.6. The maximum Gasteiger partial charge on any atom is 0.408 e. The van der Waals surface area contributed by atoms with Gasteiger partial charge in [-0.3, -0.25) is 20.4 Å². The van der Waals surface area contributed by atoms with Crippen molar-refractivity contribution in [3.05, 3.63) is 0 Å². The molecule has 23 heavy (non-hydrogen) atoms. The number of carbonyl (C=O) groups excluding carboxylic acids is 3. The fourth-order valence-electron chi connectivity index (χ4n) is 3.51. The number of hydrogen-bond acceptors (Lipinski definition) is 4. The summed E-state index contributed by atoms with van der Waals surface area (Å²) in [4.78, 5) is 35.3. The van der Waals surface area contributed by atoms with Crippen LogP contribution in [0, 0.1) is 5.41 Å². The van der Waals surface area contributed by atoms with E-state index in [0.717, 1.165) is 19.3 Å². The Bertz CT molecular complexity index is 485. The average molecular weight is 325 g/mol. The number of fused-ring (bicyclic) bond motifs is 3. The van der Waals surface area contributed by atoms with Gasteiger partial charge < -0.3 is 10.1 Å². The summed E-state index contributed by atoms with van der Waals surface area (Å²) in [7, 11) is 0. The fourth-order valence-corrected chi connectivity index (χ4v) is 3.51. The van der Waals surface area contributed by atoms with Crippen molar-refractivity contribution in [1.82, 2.24) is 16.2 Å². The topological polar surface area (TPSA) is 96.5 Å². The molecule has 0 unspecified atom stereocenters. The molecule has 3 amide bonds. The van der Waals surface area contributed by atoms with Crippen molar-refractivity contribution in [2.45, 2.75) is 77.4 Å². The lowest BCUT2D eigenvalue weighted by Gasteiger charge is -2.52. The molecule has 7 heteroatoms. The summed E-state index contributed by atoms with van der Waals surface area (Å²) in [5.41, 5.74) is 3.64. The van der Waals surface area contributed by atoms with Gasteiger partial charge in [0.2, 0.25) is 11.8 Å². The Morgan fingerprint density at radius 1 is 0.913 bits per heavy atom. The standard InChI is InChI=1S/C16H27N3O4/c1-11(20)18-19-12(21)15-5-8-16(9-6-15,10-7-15)17-13(22)23-14(2,3)4/h5-10H2,1-4H3,(H,17,22)(H,18,20)(H,19,21). The molecule has 0 spiro atoms. The normalized spacial score (nSPS) is 29.6. The first-order chi connectivity index (χ1) is 10.6. The smallest absolute Gasteiger partial charge is 0.408 e. The van der Waals surface area contributed by atoms with Crippen LogP contribution in [0.1, 0.15) is 66.2 Å². The van der Waals surface area contributed by atoms with Crippen molar-refractivity contribution in [3.63, 3.8) is 0 Å². The first-order valence-electron chi connectivity index (χ1n) is 8.14. The lowest BCUT2D eigenvalue weighted by molar-refractivity contribution is -0.141. The summed E-state index contributed by atoms with van der Waals surface area (Å²) in [6.45, 7) is 6.87. The number of carbonyl (C=O) groups is 3. The Kier molecular flexibility index (Phi) is 4.59. The molecule has 0 saturated heterocycles. The molecule has 3 saturated carbocycles. The highest BCUT2D eigenvalue weighted by molar-refractivity contribution is 5.85. The molecule has 0 aliphatic heterocycles. The van der Waals surface area contributed by atoms with Crippen LogP contribution in [-0.2, 0) is 14.3 Å². The van der Waals surface area contributed by atoms with Crippen LogP contribution in [0.3, 0.4) is 0 Å². The van der Waals surface area contributed by atoms with E-state index in [1.54, 1.807) is 0 Å². The predicted molar refractivity (Wildman–Crippen MR) is 84.2 cm³/mol.